The molecule has 0 fully saturated rings. The Morgan fingerprint density at radius 1 is 1.37 bits per heavy atom. The average Bonchev–Trinajstić information content (AvgIpc) is 2.37. The van der Waals surface area contributed by atoms with Gasteiger partial charge in [-0.3, -0.25) is 4.79 Å². The highest BCUT2D eigenvalue weighted by Crippen LogP contribution is 2.10. The third kappa shape index (κ3) is 4.35. The lowest BCUT2D eigenvalue weighted by molar-refractivity contribution is -0.143. The van der Waals surface area contributed by atoms with E-state index in [1.807, 2.05) is 6.92 Å². The third-order valence-corrected chi connectivity index (χ3v) is 3.10. The molecule has 0 heterocycles. The normalized spacial score (nSPS) is 13.6. The smallest absolute Gasteiger partial charge is 0.326 e. The van der Waals surface area contributed by atoms with Gasteiger partial charge >= 0.3 is 5.97 Å². The monoisotopic (exact) mass is 267 g/mol. The summed E-state index contributed by atoms with van der Waals surface area (Å²) in [7, 11) is 0. The number of halogens is 1. The van der Waals surface area contributed by atoms with Crippen LogP contribution >= 0.6 is 0 Å². The number of nitrogens with one attached hydrogen (secondary N) is 1. The molecule has 4 nitrogen and oxygen atoms in total. The van der Waals surface area contributed by atoms with Crippen molar-refractivity contribution < 1.29 is 19.1 Å². The lowest BCUT2D eigenvalue weighted by Gasteiger charge is -2.20. The Hall–Kier alpha value is -1.91. The molecule has 2 atom stereocenters. The van der Waals surface area contributed by atoms with Gasteiger partial charge in [0.05, 0.1) is 6.42 Å². The van der Waals surface area contributed by atoms with Crippen LogP contribution in [-0.2, 0) is 16.0 Å². The van der Waals surface area contributed by atoms with Crippen LogP contribution in [0.4, 0.5) is 4.39 Å². The van der Waals surface area contributed by atoms with Crippen LogP contribution in [0.25, 0.3) is 0 Å². The van der Waals surface area contributed by atoms with E-state index in [2.05, 4.69) is 5.32 Å². The van der Waals surface area contributed by atoms with Crippen molar-refractivity contribution in [2.24, 2.45) is 5.92 Å². The summed E-state index contributed by atoms with van der Waals surface area (Å²) in [6.07, 6.45) is 0.476. The minimum atomic E-state index is -1.07. The van der Waals surface area contributed by atoms with E-state index in [1.54, 1.807) is 13.0 Å². The molecule has 1 rings (SSSR count). The van der Waals surface area contributed by atoms with Gasteiger partial charge in [0.25, 0.3) is 0 Å². The average molecular weight is 267 g/mol. The van der Waals surface area contributed by atoms with E-state index in [0.717, 1.165) is 0 Å². The number of rotatable bonds is 6. The molecule has 0 radical (unpaired) electrons. The van der Waals surface area contributed by atoms with E-state index >= 15 is 0 Å². The van der Waals surface area contributed by atoms with E-state index < -0.39 is 23.7 Å². The quantitative estimate of drug-likeness (QED) is 0.828. The van der Waals surface area contributed by atoms with Crippen LogP contribution in [-0.4, -0.2) is 23.0 Å². The van der Waals surface area contributed by atoms with Crippen LogP contribution in [0, 0.1) is 11.7 Å². The maximum atomic E-state index is 13.4. The molecule has 0 aliphatic heterocycles. The first-order valence-electron chi connectivity index (χ1n) is 6.21. The van der Waals surface area contributed by atoms with Crippen molar-refractivity contribution in [3.05, 3.63) is 35.6 Å². The molecular weight excluding hydrogens is 249 g/mol. The van der Waals surface area contributed by atoms with Crippen molar-refractivity contribution in [3.63, 3.8) is 0 Å². The Bertz CT molecular complexity index is 462. The van der Waals surface area contributed by atoms with Crippen LogP contribution in [0.1, 0.15) is 25.8 Å². The molecule has 0 saturated heterocycles. The molecule has 0 aromatic heterocycles. The molecule has 0 aliphatic rings. The zero-order valence-corrected chi connectivity index (χ0v) is 11.0. The van der Waals surface area contributed by atoms with Gasteiger partial charge in [0.15, 0.2) is 0 Å². The number of carbonyl (C=O) groups excluding carboxylic acids is 1. The van der Waals surface area contributed by atoms with Gasteiger partial charge in [-0.25, -0.2) is 9.18 Å². The molecule has 19 heavy (non-hydrogen) atoms. The molecule has 0 bridgehead atoms. The molecule has 1 amide bonds. The lowest BCUT2D eigenvalue weighted by Crippen LogP contribution is -2.45. The SMILES string of the molecule is CC[C@@H](C)[C@@H](NC(=O)Cc1ccccc1F)C(=O)O. The van der Waals surface area contributed by atoms with Crippen molar-refractivity contribution >= 4 is 11.9 Å². The van der Waals surface area contributed by atoms with E-state index in [1.165, 1.54) is 18.2 Å². The van der Waals surface area contributed by atoms with E-state index in [9.17, 15) is 14.0 Å². The zero-order valence-electron chi connectivity index (χ0n) is 11.0. The minimum absolute atomic E-state index is 0.160. The van der Waals surface area contributed by atoms with Crippen LogP contribution in [0.5, 0.6) is 0 Å². The molecule has 1 aromatic carbocycles. The number of hydrogen-bond acceptors (Lipinski definition) is 2. The summed E-state index contributed by atoms with van der Waals surface area (Å²) in [4.78, 5) is 22.8. The second-order valence-corrected chi connectivity index (χ2v) is 4.54. The number of aliphatic carboxylic acids is 1. The molecule has 0 aliphatic carbocycles. The summed E-state index contributed by atoms with van der Waals surface area (Å²) in [6, 6.07) is 5.01. The lowest BCUT2D eigenvalue weighted by atomic mass is 9.99. The Kier molecular flexibility index (Phi) is 5.48. The fourth-order valence-corrected chi connectivity index (χ4v) is 1.72. The van der Waals surface area contributed by atoms with E-state index in [4.69, 9.17) is 5.11 Å². The second-order valence-electron chi connectivity index (χ2n) is 4.54. The highest BCUT2D eigenvalue weighted by molar-refractivity contribution is 5.85. The molecule has 0 unspecified atom stereocenters. The Morgan fingerprint density at radius 3 is 2.53 bits per heavy atom. The standard InChI is InChI=1S/C14H18FNO3/c1-3-9(2)13(14(18)19)16-12(17)8-10-6-4-5-7-11(10)15/h4-7,9,13H,3,8H2,1-2H3,(H,16,17)(H,18,19)/t9-,13-/m1/s1. The predicted molar refractivity (Wildman–Crippen MR) is 69.1 cm³/mol. The number of carboxylic acid groups (broad SMARTS) is 1. The Morgan fingerprint density at radius 2 is 2.00 bits per heavy atom. The first-order chi connectivity index (χ1) is 8.95. The summed E-state index contributed by atoms with van der Waals surface area (Å²) < 4.78 is 13.4. The van der Waals surface area contributed by atoms with Crippen molar-refractivity contribution in [1.29, 1.82) is 0 Å². The van der Waals surface area contributed by atoms with Crippen molar-refractivity contribution in [2.45, 2.75) is 32.7 Å². The maximum absolute atomic E-state index is 13.4. The van der Waals surface area contributed by atoms with Crippen LogP contribution < -0.4 is 5.32 Å². The molecular formula is C14H18FNO3. The summed E-state index contributed by atoms with van der Waals surface area (Å²) in [5, 5.41) is 11.5. The van der Waals surface area contributed by atoms with Crippen molar-refractivity contribution in [3.8, 4) is 0 Å². The molecule has 0 spiro atoms. The Balaban J connectivity index is 2.68. The van der Waals surface area contributed by atoms with Crippen LogP contribution in [0.2, 0.25) is 0 Å². The molecule has 1 aromatic rings. The van der Waals surface area contributed by atoms with E-state index in [-0.39, 0.29) is 17.9 Å². The van der Waals surface area contributed by atoms with Crippen LogP contribution in [0.3, 0.4) is 0 Å². The van der Waals surface area contributed by atoms with Gasteiger partial charge in [-0.1, -0.05) is 38.5 Å². The third-order valence-electron chi connectivity index (χ3n) is 3.10. The fraction of sp³-hybridized carbons (Fsp3) is 0.429. The molecule has 104 valence electrons. The topological polar surface area (TPSA) is 66.4 Å². The molecule has 5 heteroatoms. The molecule has 0 saturated carbocycles. The number of benzene rings is 1. The molecule has 2 N–H and O–H groups in total. The summed E-state index contributed by atoms with van der Waals surface area (Å²) in [5.41, 5.74) is 0.258. The predicted octanol–water partition coefficient (Wildman–Crippen LogP) is 1.98. The summed E-state index contributed by atoms with van der Waals surface area (Å²) in [6.45, 7) is 3.60. The van der Waals surface area contributed by atoms with Gasteiger partial charge < -0.3 is 10.4 Å². The fourth-order valence-electron chi connectivity index (χ4n) is 1.72. The summed E-state index contributed by atoms with van der Waals surface area (Å²) in [5.74, 6) is -2.20. The van der Waals surface area contributed by atoms with Crippen molar-refractivity contribution in [1.82, 2.24) is 5.32 Å². The highest BCUT2D eigenvalue weighted by Gasteiger charge is 2.25. The van der Waals surface area contributed by atoms with Gasteiger partial charge in [0, 0.05) is 0 Å². The largest absolute Gasteiger partial charge is 0.480 e. The first kappa shape index (κ1) is 15.1. The summed E-state index contributed by atoms with van der Waals surface area (Å²) >= 11 is 0. The maximum Gasteiger partial charge on any atom is 0.326 e. The number of carbonyl (C=O) groups is 2. The first-order valence-corrected chi connectivity index (χ1v) is 6.21. The highest BCUT2D eigenvalue weighted by atomic mass is 19.1. The van der Waals surface area contributed by atoms with Gasteiger partial charge in [0.1, 0.15) is 11.9 Å². The van der Waals surface area contributed by atoms with Gasteiger partial charge in [-0.2, -0.15) is 0 Å². The number of amides is 1. The van der Waals surface area contributed by atoms with Gasteiger partial charge in [-0.15, -0.1) is 0 Å². The van der Waals surface area contributed by atoms with Gasteiger partial charge in [-0.05, 0) is 17.5 Å². The van der Waals surface area contributed by atoms with Crippen molar-refractivity contribution in [2.75, 3.05) is 0 Å². The Labute approximate surface area is 111 Å². The minimum Gasteiger partial charge on any atom is -0.480 e. The number of hydrogen-bond donors (Lipinski definition) is 2. The van der Waals surface area contributed by atoms with E-state index in [0.29, 0.717) is 6.42 Å². The van der Waals surface area contributed by atoms with Crippen LogP contribution in [0.15, 0.2) is 24.3 Å². The zero-order chi connectivity index (χ0) is 14.4. The second kappa shape index (κ2) is 6.87. The van der Waals surface area contributed by atoms with Gasteiger partial charge in [0.2, 0.25) is 5.91 Å². The number of carboxylic acids is 1.